The molecule has 3 heterocycles. The lowest BCUT2D eigenvalue weighted by molar-refractivity contribution is 0.102. The first-order chi connectivity index (χ1) is 14.7. The van der Waals surface area contributed by atoms with E-state index in [9.17, 15) is 13.2 Å². The van der Waals surface area contributed by atoms with Crippen molar-refractivity contribution in [1.29, 1.82) is 0 Å². The normalized spacial score (nSPS) is 17.6. The van der Waals surface area contributed by atoms with E-state index < -0.39 is 15.9 Å². The largest absolute Gasteiger partial charge is 0.401 e. The number of carbonyl (C=O) groups excluding carboxylic acids is 1. The molecule has 1 aromatic carbocycles. The van der Waals surface area contributed by atoms with Crippen molar-refractivity contribution in [2.75, 3.05) is 18.4 Å². The number of nitrogens with zero attached hydrogens (tertiary/aromatic N) is 5. The van der Waals surface area contributed by atoms with E-state index in [1.54, 1.807) is 17.8 Å². The van der Waals surface area contributed by atoms with Crippen LogP contribution in [0.4, 0.5) is 6.01 Å². The van der Waals surface area contributed by atoms with Gasteiger partial charge in [-0.15, -0.1) is 5.10 Å². The predicted molar refractivity (Wildman–Crippen MR) is 113 cm³/mol. The zero-order chi connectivity index (χ0) is 22.2. The van der Waals surface area contributed by atoms with Crippen LogP contribution < -0.4 is 5.32 Å². The zero-order valence-electron chi connectivity index (χ0n) is 17.6. The third-order valence-corrected chi connectivity index (χ3v) is 7.23. The Morgan fingerprint density at radius 1 is 1.23 bits per heavy atom. The lowest BCUT2D eigenvalue weighted by Crippen LogP contribution is -2.39. The molecule has 3 aromatic rings. The molecule has 1 N–H and O–H groups in total. The minimum atomic E-state index is -3.57. The van der Waals surface area contributed by atoms with E-state index in [4.69, 9.17) is 4.42 Å². The molecular weight excluding hydrogens is 420 g/mol. The van der Waals surface area contributed by atoms with Crippen molar-refractivity contribution in [3.63, 3.8) is 0 Å². The second kappa shape index (κ2) is 8.23. The van der Waals surface area contributed by atoms with Crippen LogP contribution in [0.15, 0.2) is 39.6 Å². The van der Waals surface area contributed by atoms with Gasteiger partial charge >= 0.3 is 6.01 Å². The maximum absolute atomic E-state index is 12.9. The summed E-state index contributed by atoms with van der Waals surface area (Å²) in [6, 6.07) is 7.55. The molecule has 2 aromatic heterocycles. The number of anilines is 1. The molecule has 164 valence electrons. The molecule has 10 nitrogen and oxygen atoms in total. The number of aromatic nitrogens is 4. The Morgan fingerprint density at radius 2 is 1.97 bits per heavy atom. The summed E-state index contributed by atoms with van der Waals surface area (Å²) >= 11 is 0. The van der Waals surface area contributed by atoms with Gasteiger partial charge in [0.25, 0.3) is 11.8 Å². The van der Waals surface area contributed by atoms with Crippen LogP contribution in [0.3, 0.4) is 0 Å². The van der Waals surface area contributed by atoms with Crippen LogP contribution in [0.2, 0.25) is 0 Å². The summed E-state index contributed by atoms with van der Waals surface area (Å²) in [5, 5.41) is 14.5. The molecule has 0 radical (unpaired) electrons. The average molecular weight is 445 g/mol. The summed E-state index contributed by atoms with van der Waals surface area (Å²) in [7, 11) is -1.77. The number of piperidine rings is 1. The minimum Gasteiger partial charge on any atom is -0.401 e. The molecule has 1 amide bonds. The molecule has 1 fully saturated rings. The number of rotatable bonds is 5. The van der Waals surface area contributed by atoms with Gasteiger partial charge in [-0.05, 0) is 56.0 Å². The number of carbonyl (C=O) groups is 1. The second-order valence-electron chi connectivity index (χ2n) is 7.80. The molecule has 1 saturated heterocycles. The summed E-state index contributed by atoms with van der Waals surface area (Å²) in [5.41, 5.74) is 1.71. The smallest absolute Gasteiger partial charge is 0.322 e. The van der Waals surface area contributed by atoms with E-state index in [0.717, 1.165) is 18.5 Å². The van der Waals surface area contributed by atoms with Gasteiger partial charge in [-0.1, -0.05) is 12.0 Å². The van der Waals surface area contributed by atoms with Crippen LogP contribution in [0.1, 0.15) is 35.8 Å². The van der Waals surface area contributed by atoms with Crippen molar-refractivity contribution in [3.8, 4) is 11.6 Å². The second-order valence-corrected chi connectivity index (χ2v) is 9.73. The highest BCUT2D eigenvalue weighted by Gasteiger charge is 2.28. The van der Waals surface area contributed by atoms with Crippen LogP contribution in [0.5, 0.6) is 0 Å². The number of sulfonamides is 1. The molecule has 1 atom stereocenters. The van der Waals surface area contributed by atoms with E-state index in [-0.39, 0.29) is 22.4 Å². The van der Waals surface area contributed by atoms with Crippen LogP contribution in [0, 0.1) is 12.8 Å². The molecule has 0 saturated carbocycles. The first-order valence-electron chi connectivity index (χ1n) is 10.00. The Morgan fingerprint density at radius 3 is 2.61 bits per heavy atom. The Bertz CT molecular complexity index is 1180. The maximum atomic E-state index is 12.9. The number of hydrogen-bond donors (Lipinski definition) is 1. The molecule has 0 spiro atoms. The maximum Gasteiger partial charge on any atom is 0.322 e. The molecule has 1 unspecified atom stereocenters. The van der Waals surface area contributed by atoms with Crippen LogP contribution in [0.25, 0.3) is 11.6 Å². The zero-order valence-corrected chi connectivity index (χ0v) is 18.4. The van der Waals surface area contributed by atoms with Gasteiger partial charge in [-0.25, -0.2) is 8.42 Å². The molecule has 1 aliphatic heterocycles. The van der Waals surface area contributed by atoms with Crippen molar-refractivity contribution < 1.29 is 17.6 Å². The van der Waals surface area contributed by atoms with E-state index >= 15 is 0 Å². The van der Waals surface area contributed by atoms with E-state index in [1.165, 1.54) is 28.6 Å². The fourth-order valence-electron chi connectivity index (χ4n) is 3.50. The number of aryl methyl sites for hydroxylation is 2. The lowest BCUT2D eigenvalue weighted by atomic mass is 10.0. The highest BCUT2D eigenvalue weighted by molar-refractivity contribution is 7.89. The van der Waals surface area contributed by atoms with Gasteiger partial charge in [0.15, 0.2) is 0 Å². The number of amides is 1. The van der Waals surface area contributed by atoms with E-state index in [1.807, 2.05) is 13.8 Å². The van der Waals surface area contributed by atoms with E-state index in [2.05, 4.69) is 20.6 Å². The molecule has 1 aliphatic rings. The van der Waals surface area contributed by atoms with Gasteiger partial charge in [0.1, 0.15) is 5.69 Å². The standard InChI is InChI=1S/C20H24N6O4S/c1-13-5-4-10-26(12-13)31(28,29)16-8-6-15(7-9-16)18(27)21-20-23-22-19(30-20)17-11-14(2)25(3)24-17/h6-9,11,13H,4-5,10,12H2,1-3H3,(H,21,23,27). The van der Waals surface area contributed by atoms with E-state index in [0.29, 0.717) is 24.7 Å². The predicted octanol–water partition coefficient (Wildman–Crippen LogP) is 2.45. The molecule has 4 rings (SSSR count). The third-order valence-electron chi connectivity index (χ3n) is 5.35. The highest BCUT2D eigenvalue weighted by atomic mass is 32.2. The Balaban J connectivity index is 1.45. The van der Waals surface area contributed by atoms with Crippen molar-refractivity contribution in [2.24, 2.45) is 13.0 Å². The molecule has 0 bridgehead atoms. The van der Waals surface area contributed by atoms with Gasteiger partial charge in [0, 0.05) is 31.4 Å². The summed E-state index contributed by atoms with van der Waals surface area (Å²) in [6.07, 6.45) is 1.88. The fourth-order valence-corrected chi connectivity index (χ4v) is 5.10. The molecule has 0 aliphatic carbocycles. The van der Waals surface area contributed by atoms with Gasteiger partial charge in [-0.2, -0.15) is 9.40 Å². The van der Waals surface area contributed by atoms with Gasteiger partial charge < -0.3 is 4.42 Å². The quantitative estimate of drug-likeness (QED) is 0.641. The monoisotopic (exact) mass is 444 g/mol. The van der Waals surface area contributed by atoms with Crippen molar-refractivity contribution in [1.82, 2.24) is 24.3 Å². The summed E-state index contributed by atoms with van der Waals surface area (Å²) in [6.45, 7) is 4.97. The van der Waals surface area contributed by atoms with Crippen LogP contribution in [-0.2, 0) is 17.1 Å². The number of hydrogen-bond acceptors (Lipinski definition) is 7. The van der Waals surface area contributed by atoms with Gasteiger partial charge in [0.05, 0.1) is 4.90 Å². The summed E-state index contributed by atoms with van der Waals surface area (Å²) in [4.78, 5) is 12.7. The Kier molecular flexibility index (Phi) is 5.63. The first-order valence-corrected chi connectivity index (χ1v) is 11.4. The van der Waals surface area contributed by atoms with Crippen molar-refractivity contribution >= 4 is 21.9 Å². The fraction of sp³-hybridized carbons (Fsp3) is 0.400. The molecule has 11 heteroatoms. The SMILES string of the molecule is Cc1cc(-c2nnc(NC(=O)c3ccc(S(=O)(=O)N4CCCC(C)C4)cc3)o2)nn1C. The van der Waals surface area contributed by atoms with Crippen molar-refractivity contribution in [3.05, 3.63) is 41.6 Å². The lowest BCUT2D eigenvalue weighted by Gasteiger charge is -2.30. The summed E-state index contributed by atoms with van der Waals surface area (Å²) in [5.74, 6) is 0.0435. The minimum absolute atomic E-state index is 0.0673. The van der Waals surface area contributed by atoms with Crippen LogP contribution in [-0.4, -0.2) is 51.7 Å². The molecule has 31 heavy (non-hydrogen) atoms. The Hall–Kier alpha value is -3.05. The third kappa shape index (κ3) is 4.37. The van der Waals surface area contributed by atoms with Crippen LogP contribution >= 0.6 is 0 Å². The number of benzene rings is 1. The first kappa shape index (κ1) is 21.2. The Labute approximate surface area is 180 Å². The van der Waals surface area contributed by atoms with Gasteiger partial charge in [0.2, 0.25) is 10.0 Å². The summed E-state index contributed by atoms with van der Waals surface area (Å²) < 4.78 is 34.4. The highest BCUT2D eigenvalue weighted by Crippen LogP contribution is 2.24. The topological polar surface area (TPSA) is 123 Å². The number of nitrogens with one attached hydrogen (secondary N) is 1. The average Bonchev–Trinajstić information content (AvgIpc) is 3.34. The molecular formula is C20H24N6O4S. The van der Waals surface area contributed by atoms with Crippen molar-refractivity contribution in [2.45, 2.75) is 31.6 Å². The van der Waals surface area contributed by atoms with Gasteiger partial charge in [-0.3, -0.25) is 14.8 Å².